The van der Waals surface area contributed by atoms with E-state index in [0.717, 1.165) is 22.3 Å². The van der Waals surface area contributed by atoms with Crippen LogP contribution in [-0.2, 0) is 11.3 Å². The number of carbonyl (C=O) groups excluding carboxylic acids is 1. The second-order valence-corrected chi connectivity index (χ2v) is 6.41. The van der Waals surface area contributed by atoms with Crippen LogP contribution in [-0.4, -0.2) is 22.2 Å². The van der Waals surface area contributed by atoms with Crippen LogP contribution in [0.25, 0.3) is 6.08 Å². The Morgan fingerprint density at radius 3 is 2.80 bits per heavy atom. The molecule has 0 fully saturated rings. The first-order valence-corrected chi connectivity index (χ1v) is 7.50. The summed E-state index contributed by atoms with van der Waals surface area (Å²) in [5.41, 5.74) is 1.59. The lowest BCUT2D eigenvalue weighted by Crippen LogP contribution is -2.21. The largest absolute Gasteiger partial charge is 0.348 e. The number of rotatable bonds is 6. The number of nitrogens with one attached hydrogen (secondary N) is 1. The fraction of sp³-hybridized carbons (Fsp3) is 0.429. The number of aromatic nitrogens is 2. The molecule has 0 unspecified atom stereocenters. The Kier molecular flexibility index (Phi) is 6.49. The first kappa shape index (κ1) is 17.0. The summed E-state index contributed by atoms with van der Waals surface area (Å²) in [6, 6.07) is 0. The van der Waals surface area contributed by atoms with Crippen molar-refractivity contribution in [3.05, 3.63) is 33.5 Å². The minimum atomic E-state index is -0.197. The van der Waals surface area contributed by atoms with Gasteiger partial charge in [-0.15, -0.1) is 0 Å². The van der Waals surface area contributed by atoms with Gasteiger partial charge >= 0.3 is 0 Å². The molecular weight excluding hydrogens is 342 g/mol. The Labute approximate surface area is 133 Å². The van der Waals surface area contributed by atoms with Crippen molar-refractivity contribution < 1.29 is 4.79 Å². The molecule has 0 aliphatic rings. The summed E-state index contributed by atoms with van der Waals surface area (Å²) in [5, 5.41) is 7.63. The predicted molar refractivity (Wildman–Crippen MR) is 86.9 cm³/mol. The van der Waals surface area contributed by atoms with Gasteiger partial charge in [-0.1, -0.05) is 48.0 Å². The first-order chi connectivity index (χ1) is 9.31. The van der Waals surface area contributed by atoms with Gasteiger partial charge in [-0.3, -0.25) is 9.48 Å². The summed E-state index contributed by atoms with van der Waals surface area (Å²) in [4.78, 5) is 11.6. The summed E-state index contributed by atoms with van der Waals surface area (Å²) in [7, 11) is 0. The molecule has 0 radical (unpaired) electrons. The molecule has 1 N–H and O–H groups in total. The number of hydrogen-bond donors (Lipinski definition) is 1. The molecular formula is C14H19BrClN3O. The van der Waals surface area contributed by atoms with Gasteiger partial charge in [-0.25, -0.2) is 0 Å². The van der Waals surface area contributed by atoms with Gasteiger partial charge in [-0.2, -0.15) is 5.10 Å². The monoisotopic (exact) mass is 359 g/mol. The number of carbonyl (C=O) groups is 1. The SMILES string of the molecule is C=C(Br)CNC(=O)/C=C/c1c(C)nn(CC(C)C)c1Cl. The molecule has 0 spiro atoms. The summed E-state index contributed by atoms with van der Waals surface area (Å²) in [6.07, 6.45) is 3.14. The molecule has 1 aromatic rings. The van der Waals surface area contributed by atoms with Gasteiger partial charge in [0, 0.05) is 29.2 Å². The Morgan fingerprint density at radius 2 is 2.25 bits per heavy atom. The van der Waals surface area contributed by atoms with E-state index in [4.69, 9.17) is 11.6 Å². The second kappa shape index (κ2) is 7.64. The molecule has 0 bridgehead atoms. The summed E-state index contributed by atoms with van der Waals surface area (Å²) in [5.74, 6) is 0.259. The van der Waals surface area contributed by atoms with Crippen molar-refractivity contribution in [3.8, 4) is 0 Å². The van der Waals surface area contributed by atoms with E-state index in [1.807, 2.05) is 6.92 Å². The maximum Gasteiger partial charge on any atom is 0.244 e. The molecule has 20 heavy (non-hydrogen) atoms. The van der Waals surface area contributed by atoms with Crippen LogP contribution in [0.5, 0.6) is 0 Å². The molecule has 0 aliphatic carbocycles. The third-order valence-corrected chi connectivity index (χ3v) is 3.18. The topological polar surface area (TPSA) is 46.9 Å². The van der Waals surface area contributed by atoms with Crippen molar-refractivity contribution in [3.63, 3.8) is 0 Å². The molecule has 4 nitrogen and oxygen atoms in total. The van der Waals surface area contributed by atoms with Crippen LogP contribution in [0, 0.1) is 12.8 Å². The molecule has 0 aromatic carbocycles. The van der Waals surface area contributed by atoms with E-state index in [-0.39, 0.29) is 5.91 Å². The summed E-state index contributed by atoms with van der Waals surface area (Å²) >= 11 is 9.46. The molecule has 1 rings (SSSR count). The number of aryl methyl sites for hydroxylation is 1. The Balaban J connectivity index is 2.79. The van der Waals surface area contributed by atoms with Crippen LogP contribution in [0.4, 0.5) is 0 Å². The van der Waals surface area contributed by atoms with Crippen LogP contribution >= 0.6 is 27.5 Å². The highest BCUT2D eigenvalue weighted by Gasteiger charge is 2.12. The minimum absolute atomic E-state index is 0.197. The van der Waals surface area contributed by atoms with E-state index >= 15 is 0 Å². The van der Waals surface area contributed by atoms with E-state index in [0.29, 0.717) is 17.6 Å². The molecule has 6 heteroatoms. The Morgan fingerprint density at radius 1 is 1.60 bits per heavy atom. The van der Waals surface area contributed by atoms with E-state index in [1.165, 1.54) is 6.08 Å². The fourth-order valence-corrected chi connectivity index (χ4v) is 2.07. The van der Waals surface area contributed by atoms with E-state index in [1.54, 1.807) is 10.8 Å². The van der Waals surface area contributed by atoms with Crippen molar-refractivity contribution in [1.82, 2.24) is 15.1 Å². The average Bonchev–Trinajstić information content (AvgIpc) is 2.59. The lowest BCUT2D eigenvalue weighted by molar-refractivity contribution is -0.116. The van der Waals surface area contributed by atoms with Crippen LogP contribution in [0.15, 0.2) is 17.1 Å². The average molecular weight is 361 g/mol. The second-order valence-electron chi connectivity index (χ2n) is 4.93. The normalized spacial score (nSPS) is 11.3. The van der Waals surface area contributed by atoms with Crippen LogP contribution in [0.3, 0.4) is 0 Å². The predicted octanol–water partition coefficient (Wildman–Crippen LogP) is 3.54. The van der Waals surface area contributed by atoms with E-state index < -0.39 is 0 Å². The maximum absolute atomic E-state index is 11.6. The van der Waals surface area contributed by atoms with Crippen LogP contribution < -0.4 is 5.32 Å². The molecule has 1 heterocycles. The first-order valence-electron chi connectivity index (χ1n) is 6.33. The molecule has 0 aliphatic heterocycles. The molecule has 0 saturated heterocycles. The summed E-state index contributed by atoms with van der Waals surface area (Å²) in [6.45, 7) is 10.9. The van der Waals surface area contributed by atoms with E-state index in [2.05, 4.69) is 46.8 Å². The standard InChI is InChI=1S/C14H19BrClN3O/c1-9(2)8-19-14(16)12(11(4)18-19)5-6-13(20)17-7-10(3)15/h5-6,9H,3,7-8H2,1-2,4H3,(H,17,20)/b6-5+. The minimum Gasteiger partial charge on any atom is -0.348 e. The smallest absolute Gasteiger partial charge is 0.244 e. The highest BCUT2D eigenvalue weighted by molar-refractivity contribution is 9.11. The van der Waals surface area contributed by atoms with Gasteiger partial charge in [0.05, 0.1) is 5.69 Å². The number of hydrogen-bond acceptors (Lipinski definition) is 2. The van der Waals surface area contributed by atoms with Crippen molar-refractivity contribution in [1.29, 1.82) is 0 Å². The van der Waals surface area contributed by atoms with Gasteiger partial charge in [0.2, 0.25) is 5.91 Å². The number of halogens is 2. The van der Waals surface area contributed by atoms with Crippen molar-refractivity contribution >= 4 is 39.5 Å². The zero-order valence-corrected chi connectivity index (χ0v) is 14.3. The Hall–Kier alpha value is -1.07. The Bertz CT molecular complexity index is 535. The number of amides is 1. The lowest BCUT2D eigenvalue weighted by atomic mass is 10.2. The number of nitrogens with zero attached hydrogens (tertiary/aromatic N) is 2. The van der Waals surface area contributed by atoms with Gasteiger partial charge in [0.15, 0.2) is 0 Å². The fourth-order valence-electron chi connectivity index (χ4n) is 1.62. The third-order valence-electron chi connectivity index (χ3n) is 2.50. The van der Waals surface area contributed by atoms with Crippen molar-refractivity contribution in [2.45, 2.75) is 27.3 Å². The molecule has 0 saturated carbocycles. The quantitative estimate of drug-likeness (QED) is 0.789. The third kappa shape index (κ3) is 5.13. The summed E-state index contributed by atoms with van der Waals surface area (Å²) < 4.78 is 2.48. The van der Waals surface area contributed by atoms with Crippen molar-refractivity contribution in [2.75, 3.05) is 6.54 Å². The lowest BCUT2D eigenvalue weighted by Gasteiger charge is -2.05. The zero-order valence-electron chi connectivity index (χ0n) is 11.9. The van der Waals surface area contributed by atoms with E-state index in [9.17, 15) is 4.79 Å². The molecule has 1 aromatic heterocycles. The molecule has 0 atom stereocenters. The van der Waals surface area contributed by atoms with Gasteiger partial charge in [0.25, 0.3) is 0 Å². The maximum atomic E-state index is 11.6. The van der Waals surface area contributed by atoms with Gasteiger partial charge in [-0.05, 0) is 18.9 Å². The molecule has 110 valence electrons. The van der Waals surface area contributed by atoms with Gasteiger partial charge in [0.1, 0.15) is 5.15 Å². The highest BCUT2D eigenvalue weighted by Crippen LogP contribution is 2.22. The van der Waals surface area contributed by atoms with Crippen molar-refractivity contribution in [2.24, 2.45) is 5.92 Å². The zero-order chi connectivity index (χ0) is 15.3. The molecule has 1 amide bonds. The van der Waals surface area contributed by atoms with Crippen LogP contribution in [0.2, 0.25) is 5.15 Å². The van der Waals surface area contributed by atoms with Gasteiger partial charge < -0.3 is 5.32 Å². The van der Waals surface area contributed by atoms with Crippen LogP contribution in [0.1, 0.15) is 25.1 Å². The highest BCUT2D eigenvalue weighted by atomic mass is 79.9.